The number of aliphatic carboxylic acids is 1. The number of carboxylic acid groups (broad SMARTS) is 1. The third-order valence-corrected chi connectivity index (χ3v) is 2.51. The Kier molecular flexibility index (Phi) is 3.90. The zero-order valence-corrected chi connectivity index (χ0v) is 9.18. The number of hydrogen-bond donors (Lipinski definition) is 3. The Morgan fingerprint density at radius 2 is 1.88 bits per heavy atom. The summed E-state index contributed by atoms with van der Waals surface area (Å²) in [6, 6.07) is 5.98. The maximum atomic E-state index is 10.7. The molecule has 0 bridgehead atoms. The first-order chi connectivity index (χ1) is 7.48. The molecular weight excluding hydrogens is 208 g/mol. The van der Waals surface area contributed by atoms with Crippen LogP contribution in [-0.4, -0.2) is 21.3 Å². The van der Waals surface area contributed by atoms with Crippen LogP contribution in [0.3, 0.4) is 0 Å². The average molecular weight is 224 g/mol. The Morgan fingerprint density at radius 3 is 2.31 bits per heavy atom. The van der Waals surface area contributed by atoms with Gasteiger partial charge in [0.1, 0.15) is 11.4 Å². The summed E-state index contributed by atoms with van der Waals surface area (Å²) in [6.45, 7) is 1.88. The quantitative estimate of drug-likeness (QED) is 0.713. The number of carbonyl (C=O) groups is 1. The molecule has 0 aliphatic rings. The molecule has 3 N–H and O–H groups in total. The van der Waals surface area contributed by atoms with Gasteiger partial charge in [-0.2, -0.15) is 0 Å². The Morgan fingerprint density at radius 1 is 1.31 bits per heavy atom. The van der Waals surface area contributed by atoms with Crippen molar-refractivity contribution in [2.24, 2.45) is 0 Å². The highest BCUT2D eigenvalue weighted by atomic mass is 16.4. The van der Waals surface area contributed by atoms with Crippen molar-refractivity contribution in [3.8, 4) is 5.75 Å². The molecule has 0 spiro atoms. The second-order valence-electron chi connectivity index (χ2n) is 3.90. The zero-order valence-electron chi connectivity index (χ0n) is 9.18. The van der Waals surface area contributed by atoms with Gasteiger partial charge in [-0.15, -0.1) is 0 Å². The highest BCUT2D eigenvalue weighted by molar-refractivity contribution is 5.68. The van der Waals surface area contributed by atoms with Gasteiger partial charge in [0.15, 0.2) is 0 Å². The second kappa shape index (κ2) is 4.99. The molecule has 1 aromatic carbocycles. The number of aromatic hydroxyl groups is 1. The molecule has 88 valence electrons. The summed E-state index contributed by atoms with van der Waals surface area (Å²) in [5.74, 6) is -0.943. The van der Waals surface area contributed by atoms with E-state index in [-0.39, 0.29) is 12.2 Å². The van der Waals surface area contributed by atoms with Crippen LogP contribution in [0.2, 0.25) is 0 Å². The van der Waals surface area contributed by atoms with Crippen molar-refractivity contribution in [3.63, 3.8) is 0 Å². The highest BCUT2D eigenvalue weighted by Crippen LogP contribution is 2.31. The monoisotopic (exact) mass is 224 g/mol. The van der Waals surface area contributed by atoms with Crippen molar-refractivity contribution in [3.05, 3.63) is 29.8 Å². The first-order valence-corrected chi connectivity index (χ1v) is 5.21. The smallest absolute Gasteiger partial charge is 0.306 e. The third kappa shape index (κ3) is 2.97. The lowest BCUT2D eigenvalue weighted by Crippen LogP contribution is -2.28. The zero-order chi connectivity index (χ0) is 12.2. The molecule has 0 aliphatic carbocycles. The van der Waals surface area contributed by atoms with Crippen LogP contribution >= 0.6 is 0 Å². The van der Waals surface area contributed by atoms with E-state index >= 15 is 0 Å². The van der Waals surface area contributed by atoms with Gasteiger partial charge in [-0.05, 0) is 24.1 Å². The maximum absolute atomic E-state index is 10.7. The molecule has 1 aromatic rings. The molecule has 1 unspecified atom stereocenters. The number of aliphatic hydroxyl groups is 1. The van der Waals surface area contributed by atoms with Crippen molar-refractivity contribution >= 4 is 5.97 Å². The molecular formula is C12H16O4. The van der Waals surface area contributed by atoms with Crippen molar-refractivity contribution < 1.29 is 20.1 Å². The van der Waals surface area contributed by atoms with Crippen LogP contribution in [0.25, 0.3) is 0 Å². The van der Waals surface area contributed by atoms with E-state index in [0.29, 0.717) is 18.4 Å². The van der Waals surface area contributed by atoms with Crippen LogP contribution in [0.15, 0.2) is 24.3 Å². The maximum Gasteiger partial charge on any atom is 0.306 e. The predicted molar refractivity (Wildman–Crippen MR) is 59.2 cm³/mol. The summed E-state index contributed by atoms with van der Waals surface area (Å²) in [6.07, 6.45) is 0.736. The van der Waals surface area contributed by atoms with Gasteiger partial charge in [0.25, 0.3) is 0 Å². The molecule has 0 radical (unpaired) electrons. The van der Waals surface area contributed by atoms with Crippen LogP contribution in [0, 0.1) is 0 Å². The molecule has 1 atom stereocenters. The number of phenols is 1. The van der Waals surface area contributed by atoms with Gasteiger partial charge in [-0.25, -0.2) is 0 Å². The Balaban J connectivity index is 3.00. The fourth-order valence-corrected chi connectivity index (χ4v) is 1.77. The minimum Gasteiger partial charge on any atom is -0.508 e. The number of phenolic OH excluding ortho intramolecular Hbond substituents is 1. The van der Waals surface area contributed by atoms with Crippen LogP contribution in [0.1, 0.15) is 31.7 Å². The topological polar surface area (TPSA) is 77.8 Å². The molecule has 0 aliphatic heterocycles. The standard InChI is InChI=1S/C12H16O4/c1-2-7-12(16,8-11(14)15)9-3-5-10(13)6-4-9/h3-6,13,16H,2,7-8H2,1H3,(H,14,15). The van der Waals surface area contributed by atoms with E-state index in [1.165, 1.54) is 12.1 Å². The Bertz CT molecular complexity index is 358. The largest absolute Gasteiger partial charge is 0.508 e. The number of carboxylic acids is 1. The Labute approximate surface area is 94.2 Å². The van der Waals surface area contributed by atoms with E-state index in [1.54, 1.807) is 12.1 Å². The van der Waals surface area contributed by atoms with E-state index < -0.39 is 11.6 Å². The van der Waals surface area contributed by atoms with E-state index in [0.717, 1.165) is 0 Å². The first kappa shape index (κ1) is 12.5. The summed E-state index contributed by atoms with van der Waals surface area (Å²) in [7, 11) is 0. The molecule has 0 saturated carbocycles. The minimum absolute atomic E-state index is 0.0953. The average Bonchev–Trinajstić information content (AvgIpc) is 2.17. The normalized spacial score (nSPS) is 14.4. The van der Waals surface area contributed by atoms with Gasteiger partial charge in [0.05, 0.1) is 6.42 Å². The van der Waals surface area contributed by atoms with Crippen molar-refractivity contribution in [2.75, 3.05) is 0 Å². The molecule has 0 saturated heterocycles. The van der Waals surface area contributed by atoms with Crippen LogP contribution < -0.4 is 0 Å². The number of rotatable bonds is 5. The summed E-state index contributed by atoms with van der Waals surface area (Å²) in [5, 5.41) is 28.2. The SMILES string of the molecule is CCCC(O)(CC(=O)O)c1ccc(O)cc1. The minimum atomic E-state index is -1.35. The van der Waals surface area contributed by atoms with Crippen molar-refractivity contribution in [2.45, 2.75) is 31.8 Å². The van der Waals surface area contributed by atoms with Crippen molar-refractivity contribution in [1.29, 1.82) is 0 Å². The van der Waals surface area contributed by atoms with E-state index in [9.17, 15) is 9.90 Å². The number of hydrogen-bond acceptors (Lipinski definition) is 3. The third-order valence-electron chi connectivity index (χ3n) is 2.51. The fraction of sp³-hybridized carbons (Fsp3) is 0.417. The summed E-state index contributed by atoms with van der Waals surface area (Å²) >= 11 is 0. The predicted octanol–water partition coefficient (Wildman–Crippen LogP) is 1.85. The molecule has 0 amide bonds. The van der Waals surface area contributed by atoms with E-state index in [4.69, 9.17) is 10.2 Å². The van der Waals surface area contributed by atoms with Gasteiger partial charge >= 0.3 is 5.97 Å². The van der Waals surface area contributed by atoms with Crippen LogP contribution in [0.5, 0.6) is 5.75 Å². The van der Waals surface area contributed by atoms with Gasteiger partial charge < -0.3 is 15.3 Å². The first-order valence-electron chi connectivity index (χ1n) is 5.21. The molecule has 16 heavy (non-hydrogen) atoms. The summed E-state index contributed by atoms with van der Waals surface area (Å²) in [4.78, 5) is 10.7. The Hall–Kier alpha value is -1.55. The fourth-order valence-electron chi connectivity index (χ4n) is 1.77. The summed E-state index contributed by atoms with van der Waals surface area (Å²) < 4.78 is 0. The van der Waals surface area contributed by atoms with E-state index in [2.05, 4.69) is 0 Å². The number of benzene rings is 1. The lowest BCUT2D eigenvalue weighted by atomic mass is 9.86. The molecule has 0 heterocycles. The van der Waals surface area contributed by atoms with Crippen molar-refractivity contribution in [1.82, 2.24) is 0 Å². The van der Waals surface area contributed by atoms with Gasteiger partial charge in [-0.1, -0.05) is 25.5 Å². The molecule has 4 nitrogen and oxygen atoms in total. The van der Waals surface area contributed by atoms with Crippen LogP contribution in [-0.2, 0) is 10.4 Å². The van der Waals surface area contributed by atoms with Gasteiger partial charge in [-0.3, -0.25) is 4.79 Å². The highest BCUT2D eigenvalue weighted by Gasteiger charge is 2.31. The summed E-state index contributed by atoms with van der Waals surface area (Å²) in [5.41, 5.74) is -0.830. The molecule has 0 fully saturated rings. The van der Waals surface area contributed by atoms with Crippen LogP contribution in [0.4, 0.5) is 0 Å². The lowest BCUT2D eigenvalue weighted by molar-refractivity contribution is -0.143. The van der Waals surface area contributed by atoms with E-state index in [1.807, 2.05) is 6.92 Å². The molecule has 4 heteroatoms. The molecule has 0 aromatic heterocycles. The molecule has 1 rings (SSSR count). The lowest BCUT2D eigenvalue weighted by Gasteiger charge is -2.26. The van der Waals surface area contributed by atoms with Gasteiger partial charge in [0, 0.05) is 0 Å². The second-order valence-corrected chi connectivity index (χ2v) is 3.90. The van der Waals surface area contributed by atoms with Gasteiger partial charge in [0.2, 0.25) is 0 Å².